The molecule has 6 nitrogen and oxygen atoms in total. The minimum absolute atomic E-state index is 0.0460. The maximum atomic E-state index is 12.2. The second-order valence-electron chi connectivity index (χ2n) is 5.11. The number of amides is 1. The van der Waals surface area contributed by atoms with E-state index < -0.39 is 23.7 Å². The van der Waals surface area contributed by atoms with Gasteiger partial charge in [-0.05, 0) is 25.3 Å². The Kier molecular flexibility index (Phi) is 4.60. The maximum Gasteiger partial charge on any atom is 0.290 e. The monoisotopic (exact) mass is 302 g/mol. The van der Waals surface area contributed by atoms with Crippen molar-refractivity contribution in [2.45, 2.75) is 25.8 Å². The molecule has 116 valence electrons. The van der Waals surface area contributed by atoms with E-state index in [1.54, 1.807) is 30.3 Å². The van der Waals surface area contributed by atoms with Crippen molar-refractivity contribution in [2.75, 3.05) is 6.54 Å². The number of hydrogen-bond acceptors (Lipinski definition) is 5. The number of Topliss-reactive ketones (excluding diaryl/α,β-unsaturated/α-hetero) is 1. The Bertz CT molecular complexity index is 635. The molecule has 1 amide bonds. The third-order valence-corrected chi connectivity index (χ3v) is 3.58. The minimum atomic E-state index is -1.20. The number of carboxylic acid groups (broad SMARTS) is 1. The molecular weight excluding hydrogens is 286 g/mol. The van der Waals surface area contributed by atoms with E-state index >= 15 is 0 Å². The van der Waals surface area contributed by atoms with Crippen molar-refractivity contribution < 1.29 is 24.6 Å². The minimum Gasteiger partial charge on any atom is -0.550 e. The summed E-state index contributed by atoms with van der Waals surface area (Å²) in [5.41, 5.74) is 0.739. The molecule has 0 unspecified atom stereocenters. The number of nitrogens with zero attached hydrogens (tertiary/aromatic N) is 1. The van der Waals surface area contributed by atoms with Crippen LogP contribution in [0.15, 0.2) is 41.7 Å². The van der Waals surface area contributed by atoms with Crippen LogP contribution in [-0.2, 0) is 14.4 Å². The highest BCUT2D eigenvalue weighted by molar-refractivity contribution is 6.08. The maximum absolute atomic E-state index is 12.2. The van der Waals surface area contributed by atoms with Gasteiger partial charge in [-0.15, -0.1) is 0 Å². The SMILES string of the molecule is CC(=O)C1=C(O)C(=O)N(CCCC(=O)[O-])[C@@H]1c1ccccc1. The summed E-state index contributed by atoms with van der Waals surface area (Å²) in [6.07, 6.45) is -0.00265. The van der Waals surface area contributed by atoms with Crippen molar-refractivity contribution in [2.24, 2.45) is 0 Å². The zero-order chi connectivity index (χ0) is 16.3. The zero-order valence-corrected chi connectivity index (χ0v) is 12.1. The molecule has 2 rings (SSSR count). The van der Waals surface area contributed by atoms with E-state index in [0.717, 1.165) is 0 Å². The fourth-order valence-corrected chi connectivity index (χ4v) is 2.62. The lowest BCUT2D eigenvalue weighted by molar-refractivity contribution is -0.305. The Labute approximate surface area is 127 Å². The van der Waals surface area contributed by atoms with E-state index in [1.165, 1.54) is 11.8 Å². The van der Waals surface area contributed by atoms with Gasteiger partial charge in [0.15, 0.2) is 11.5 Å². The normalized spacial score (nSPS) is 18.0. The van der Waals surface area contributed by atoms with Crippen LogP contribution < -0.4 is 5.11 Å². The summed E-state index contributed by atoms with van der Waals surface area (Å²) in [4.78, 5) is 35.8. The third kappa shape index (κ3) is 3.00. The Morgan fingerprint density at radius 2 is 1.91 bits per heavy atom. The van der Waals surface area contributed by atoms with Gasteiger partial charge in [0.1, 0.15) is 0 Å². The Hall–Kier alpha value is -2.63. The van der Waals surface area contributed by atoms with Gasteiger partial charge < -0.3 is 19.9 Å². The topological polar surface area (TPSA) is 97.7 Å². The molecule has 0 fully saturated rings. The first-order chi connectivity index (χ1) is 10.4. The van der Waals surface area contributed by atoms with E-state index in [1.807, 2.05) is 0 Å². The van der Waals surface area contributed by atoms with Crippen molar-refractivity contribution >= 4 is 17.7 Å². The van der Waals surface area contributed by atoms with Crippen molar-refractivity contribution in [3.63, 3.8) is 0 Å². The smallest absolute Gasteiger partial charge is 0.290 e. The number of hydrogen-bond donors (Lipinski definition) is 1. The lowest BCUT2D eigenvalue weighted by Crippen LogP contribution is -2.33. The van der Waals surface area contributed by atoms with E-state index in [2.05, 4.69) is 0 Å². The second-order valence-corrected chi connectivity index (χ2v) is 5.11. The van der Waals surface area contributed by atoms with Gasteiger partial charge in [0, 0.05) is 12.5 Å². The van der Waals surface area contributed by atoms with Crippen LogP contribution in [0.25, 0.3) is 0 Å². The van der Waals surface area contributed by atoms with E-state index in [4.69, 9.17) is 0 Å². The molecule has 1 aliphatic rings. The standard InChI is InChI=1S/C16H17NO5/c1-10(18)13-14(11-6-3-2-4-7-11)17(16(22)15(13)21)9-5-8-12(19)20/h2-4,6-7,14,21H,5,8-9H2,1H3,(H,19,20)/p-1/t14-/m1/s1. The highest BCUT2D eigenvalue weighted by Gasteiger charge is 2.41. The lowest BCUT2D eigenvalue weighted by Gasteiger charge is -2.26. The van der Waals surface area contributed by atoms with Crippen molar-refractivity contribution in [1.29, 1.82) is 0 Å². The van der Waals surface area contributed by atoms with Gasteiger partial charge in [-0.1, -0.05) is 30.3 Å². The number of aliphatic hydroxyl groups excluding tert-OH is 1. The number of carboxylic acids is 1. The molecule has 0 radical (unpaired) electrons. The summed E-state index contributed by atoms with van der Waals surface area (Å²) in [6, 6.07) is 8.17. The Balaban J connectivity index is 2.34. The van der Waals surface area contributed by atoms with Crippen LogP contribution in [0.2, 0.25) is 0 Å². The Morgan fingerprint density at radius 1 is 1.27 bits per heavy atom. The van der Waals surface area contributed by atoms with Crippen LogP contribution in [0.1, 0.15) is 31.4 Å². The van der Waals surface area contributed by atoms with Gasteiger partial charge >= 0.3 is 0 Å². The second kappa shape index (κ2) is 6.43. The summed E-state index contributed by atoms with van der Waals surface area (Å²) in [5.74, 6) is -2.80. The number of aliphatic carboxylic acids is 1. The molecule has 1 N–H and O–H groups in total. The molecule has 0 spiro atoms. The van der Waals surface area contributed by atoms with Crippen LogP contribution in [0.5, 0.6) is 0 Å². The average molecular weight is 302 g/mol. The average Bonchev–Trinajstić information content (AvgIpc) is 2.72. The van der Waals surface area contributed by atoms with Crippen LogP contribution in [0.4, 0.5) is 0 Å². The molecule has 1 aromatic rings. The van der Waals surface area contributed by atoms with Crippen LogP contribution in [0, 0.1) is 0 Å². The molecule has 0 aliphatic carbocycles. The zero-order valence-electron chi connectivity index (χ0n) is 12.1. The molecule has 1 aliphatic heterocycles. The summed E-state index contributed by atoms with van der Waals surface area (Å²) >= 11 is 0. The number of aliphatic hydroxyl groups is 1. The molecule has 0 saturated carbocycles. The molecule has 1 heterocycles. The number of rotatable bonds is 6. The van der Waals surface area contributed by atoms with Crippen molar-refractivity contribution in [3.8, 4) is 0 Å². The van der Waals surface area contributed by atoms with Crippen LogP contribution >= 0.6 is 0 Å². The molecule has 0 bridgehead atoms. The predicted octanol–water partition coefficient (Wildman–Crippen LogP) is 0.501. The molecule has 1 aromatic carbocycles. The van der Waals surface area contributed by atoms with Gasteiger partial charge in [0.05, 0.1) is 11.6 Å². The third-order valence-electron chi connectivity index (χ3n) is 3.58. The number of carbonyl (C=O) groups is 3. The first kappa shape index (κ1) is 15.8. The molecule has 6 heteroatoms. The van der Waals surface area contributed by atoms with E-state index in [0.29, 0.717) is 5.56 Å². The number of ketones is 1. The summed E-state index contributed by atoms with van der Waals surface area (Å²) in [6.45, 7) is 1.41. The summed E-state index contributed by atoms with van der Waals surface area (Å²) < 4.78 is 0. The highest BCUT2D eigenvalue weighted by Crippen LogP contribution is 2.37. The van der Waals surface area contributed by atoms with Gasteiger partial charge in [-0.3, -0.25) is 9.59 Å². The molecule has 22 heavy (non-hydrogen) atoms. The van der Waals surface area contributed by atoms with Gasteiger partial charge in [-0.2, -0.15) is 0 Å². The van der Waals surface area contributed by atoms with E-state index in [9.17, 15) is 24.6 Å². The van der Waals surface area contributed by atoms with Crippen molar-refractivity contribution in [3.05, 3.63) is 47.2 Å². The van der Waals surface area contributed by atoms with Gasteiger partial charge in [-0.25, -0.2) is 0 Å². The van der Waals surface area contributed by atoms with Crippen LogP contribution in [0.3, 0.4) is 0 Å². The largest absolute Gasteiger partial charge is 0.550 e. The molecule has 1 atom stereocenters. The number of benzene rings is 1. The fourth-order valence-electron chi connectivity index (χ4n) is 2.62. The summed E-state index contributed by atoms with van der Waals surface area (Å²) in [5, 5.41) is 20.5. The molecular formula is C16H16NO5-. The quantitative estimate of drug-likeness (QED) is 0.825. The molecule has 0 aromatic heterocycles. The van der Waals surface area contributed by atoms with Gasteiger partial charge in [0.2, 0.25) is 0 Å². The van der Waals surface area contributed by atoms with E-state index in [-0.39, 0.29) is 30.7 Å². The fraction of sp³-hybridized carbons (Fsp3) is 0.312. The highest BCUT2D eigenvalue weighted by atomic mass is 16.4. The predicted molar refractivity (Wildman–Crippen MR) is 75.5 cm³/mol. The van der Waals surface area contributed by atoms with Crippen LogP contribution in [-0.4, -0.2) is 34.2 Å². The van der Waals surface area contributed by atoms with Crippen molar-refractivity contribution in [1.82, 2.24) is 4.90 Å². The van der Waals surface area contributed by atoms with Gasteiger partial charge in [0.25, 0.3) is 5.91 Å². The summed E-state index contributed by atoms with van der Waals surface area (Å²) in [7, 11) is 0. The first-order valence-electron chi connectivity index (χ1n) is 6.93. The first-order valence-corrected chi connectivity index (χ1v) is 6.93. The number of carbonyl (C=O) groups excluding carboxylic acids is 3. The Morgan fingerprint density at radius 3 is 2.45 bits per heavy atom. The molecule has 0 saturated heterocycles. The lowest BCUT2D eigenvalue weighted by atomic mass is 9.97.